The summed E-state index contributed by atoms with van der Waals surface area (Å²) in [6.07, 6.45) is 7.79. The Balaban J connectivity index is 1.48. The molecule has 1 aliphatic carbocycles. The Morgan fingerprint density at radius 3 is 2.80 bits per heavy atom. The molecule has 0 spiro atoms. The molecule has 4 unspecified atom stereocenters. The molecule has 3 rings (SSSR count). The molecule has 4 atom stereocenters. The maximum atomic E-state index is 5.82. The fourth-order valence-electron chi connectivity index (χ4n) is 3.56. The van der Waals surface area contributed by atoms with Crippen LogP contribution in [0.1, 0.15) is 50.0 Å². The Morgan fingerprint density at radius 2 is 2.10 bits per heavy atom. The molecular weight excluding hydrogens is 248 g/mol. The van der Waals surface area contributed by atoms with Crippen molar-refractivity contribution in [2.24, 2.45) is 11.8 Å². The van der Waals surface area contributed by atoms with Gasteiger partial charge in [-0.25, -0.2) is 0 Å². The third-order valence-corrected chi connectivity index (χ3v) is 4.87. The number of hydrazine groups is 1. The van der Waals surface area contributed by atoms with E-state index >= 15 is 0 Å². The van der Waals surface area contributed by atoms with Gasteiger partial charge in [-0.3, -0.25) is 11.3 Å². The molecule has 2 aliphatic rings. The molecule has 3 N–H and O–H groups in total. The van der Waals surface area contributed by atoms with Crippen LogP contribution in [-0.2, 0) is 4.74 Å². The Bertz CT molecular complexity index is 403. The van der Waals surface area contributed by atoms with E-state index in [1.165, 1.54) is 31.2 Å². The average molecular weight is 274 g/mol. The van der Waals surface area contributed by atoms with Crippen molar-refractivity contribution in [3.63, 3.8) is 0 Å². The summed E-state index contributed by atoms with van der Waals surface area (Å²) in [7, 11) is 0. The number of benzene rings is 1. The Morgan fingerprint density at radius 1 is 1.25 bits per heavy atom. The first-order valence-corrected chi connectivity index (χ1v) is 8.01. The third kappa shape index (κ3) is 3.40. The first-order chi connectivity index (χ1) is 9.88. The van der Waals surface area contributed by atoms with Gasteiger partial charge in [-0.05, 0) is 55.9 Å². The van der Waals surface area contributed by atoms with Crippen LogP contribution in [0.15, 0.2) is 30.3 Å². The van der Waals surface area contributed by atoms with Crippen molar-refractivity contribution in [2.45, 2.75) is 56.6 Å². The van der Waals surface area contributed by atoms with Crippen LogP contribution in [0.4, 0.5) is 0 Å². The molecular formula is C17H26N2O. The lowest BCUT2D eigenvalue weighted by Gasteiger charge is -2.25. The second-order valence-corrected chi connectivity index (χ2v) is 6.26. The monoisotopic (exact) mass is 274 g/mol. The molecule has 0 radical (unpaired) electrons. The first-order valence-electron chi connectivity index (χ1n) is 8.01. The van der Waals surface area contributed by atoms with Gasteiger partial charge in [0, 0.05) is 12.6 Å². The second kappa shape index (κ2) is 6.70. The topological polar surface area (TPSA) is 47.3 Å². The van der Waals surface area contributed by atoms with Crippen LogP contribution in [0.5, 0.6) is 0 Å². The van der Waals surface area contributed by atoms with Crippen molar-refractivity contribution in [1.82, 2.24) is 5.43 Å². The van der Waals surface area contributed by atoms with Crippen LogP contribution in [0.3, 0.4) is 0 Å². The summed E-state index contributed by atoms with van der Waals surface area (Å²) < 4.78 is 5.82. The minimum Gasteiger partial charge on any atom is -0.378 e. The summed E-state index contributed by atoms with van der Waals surface area (Å²) in [4.78, 5) is 0. The number of rotatable bonds is 6. The summed E-state index contributed by atoms with van der Waals surface area (Å²) in [6.45, 7) is 0.946. The zero-order valence-corrected chi connectivity index (χ0v) is 12.1. The van der Waals surface area contributed by atoms with Gasteiger partial charge >= 0.3 is 0 Å². The molecule has 0 aromatic heterocycles. The van der Waals surface area contributed by atoms with Gasteiger partial charge in [0.2, 0.25) is 0 Å². The summed E-state index contributed by atoms with van der Waals surface area (Å²) in [5.74, 6) is 7.18. The van der Waals surface area contributed by atoms with E-state index in [1.807, 2.05) is 0 Å². The molecule has 1 heterocycles. The lowest BCUT2D eigenvalue weighted by molar-refractivity contribution is 0.00818. The predicted octanol–water partition coefficient (Wildman–Crippen LogP) is 2.97. The maximum absolute atomic E-state index is 5.82. The van der Waals surface area contributed by atoms with Gasteiger partial charge in [0.05, 0.1) is 6.10 Å². The van der Waals surface area contributed by atoms with E-state index in [0.29, 0.717) is 24.0 Å². The molecule has 2 fully saturated rings. The number of hydrogen-bond acceptors (Lipinski definition) is 3. The summed E-state index contributed by atoms with van der Waals surface area (Å²) in [5, 5.41) is 0. The normalized spacial score (nSPS) is 30.9. The fraction of sp³-hybridized carbons (Fsp3) is 0.647. The lowest BCUT2D eigenvalue weighted by Crippen LogP contribution is -2.38. The highest BCUT2D eigenvalue weighted by Gasteiger charge is 2.43. The first kappa shape index (κ1) is 14.1. The van der Waals surface area contributed by atoms with Crippen LogP contribution < -0.4 is 11.3 Å². The molecule has 3 nitrogen and oxygen atoms in total. The van der Waals surface area contributed by atoms with Crippen molar-refractivity contribution in [1.29, 1.82) is 0 Å². The van der Waals surface area contributed by atoms with Crippen molar-refractivity contribution in [2.75, 3.05) is 6.61 Å². The molecule has 1 saturated heterocycles. The standard InChI is InChI=1S/C17H26N2O/c18-19-17(10-9-14-8-4-5-11-20-14)16-12-15(16)13-6-2-1-3-7-13/h1-3,6-7,14-17,19H,4-5,8-12,18H2. The molecule has 0 amide bonds. The van der Waals surface area contributed by atoms with E-state index in [9.17, 15) is 0 Å². The van der Waals surface area contributed by atoms with Crippen molar-refractivity contribution >= 4 is 0 Å². The van der Waals surface area contributed by atoms with Crippen molar-refractivity contribution in [3.05, 3.63) is 35.9 Å². The van der Waals surface area contributed by atoms with Gasteiger partial charge in [-0.1, -0.05) is 30.3 Å². The van der Waals surface area contributed by atoms with Crippen LogP contribution in [0.2, 0.25) is 0 Å². The fourth-order valence-corrected chi connectivity index (χ4v) is 3.56. The zero-order chi connectivity index (χ0) is 13.8. The highest BCUT2D eigenvalue weighted by atomic mass is 16.5. The molecule has 3 heteroatoms. The molecule has 1 aromatic carbocycles. The van der Waals surface area contributed by atoms with E-state index in [4.69, 9.17) is 10.6 Å². The minimum atomic E-state index is 0.436. The zero-order valence-electron chi connectivity index (χ0n) is 12.1. The van der Waals surface area contributed by atoms with Crippen LogP contribution in [0, 0.1) is 5.92 Å². The number of hydrogen-bond donors (Lipinski definition) is 2. The third-order valence-electron chi connectivity index (χ3n) is 4.87. The Labute approximate surface area is 121 Å². The van der Waals surface area contributed by atoms with Crippen LogP contribution >= 0.6 is 0 Å². The van der Waals surface area contributed by atoms with Gasteiger partial charge in [-0.15, -0.1) is 0 Å². The molecule has 110 valence electrons. The largest absolute Gasteiger partial charge is 0.378 e. The van der Waals surface area contributed by atoms with Gasteiger partial charge in [0.15, 0.2) is 0 Å². The van der Waals surface area contributed by atoms with E-state index < -0.39 is 0 Å². The number of nitrogens with two attached hydrogens (primary N) is 1. The number of nitrogens with one attached hydrogen (secondary N) is 1. The maximum Gasteiger partial charge on any atom is 0.0575 e. The highest BCUT2D eigenvalue weighted by molar-refractivity contribution is 5.26. The van der Waals surface area contributed by atoms with Crippen LogP contribution in [0.25, 0.3) is 0 Å². The minimum absolute atomic E-state index is 0.436. The van der Waals surface area contributed by atoms with Gasteiger partial charge in [0.1, 0.15) is 0 Å². The smallest absolute Gasteiger partial charge is 0.0575 e. The summed E-state index contributed by atoms with van der Waals surface area (Å²) in [5.41, 5.74) is 4.51. The van der Waals surface area contributed by atoms with Gasteiger partial charge in [0.25, 0.3) is 0 Å². The molecule has 1 aromatic rings. The molecule has 1 saturated carbocycles. The highest BCUT2D eigenvalue weighted by Crippen LogP contribution is 2.50. The molecule has 0 bridgehead atoms. The van der Waals surface area contributed by atoms with Gasteiger partial charge in [-0.2, -0.15) is 0 Å². The van der Waals surface area contributed by atoms with Crippen molar-refractivity contribution < 1.29 is 4.74 Å². The SMILES string of the molecule is NNC(CCC1CCCCO1)C1CC1c1ccccc1. The molecule has 20 heavy (non-hydrogen) atoms. The van der Waals surface area contributed by atoms with Gasteiger partial charge < -0.3 is 4.74 Å². The second-order valence-electron chi connectivity index (χ2n) is 6.26. The number of ether oxygens (including phenoxy) is 1. The molecule has 1 aliphatic heterocycles. The van der Waals surface area contributed by atoms with E-state index in [2.05, 4.69) is 35.8 Å². The van der Waals surface area contributed by atoms with Crippen molar-refractivity contribution in [3.8, 4) is 0 Å². The van der Waals surface area contributed by atoms with E-state index in [1.54, 1.807) is 0 Å². The Hall–Kier alpha value is -0.900. The average Bonchev–Trinajstić information content (AvgIpc) is 3.30. The van der Waals surface area contributed by atoms with Crippen LogP contribution in [-0.4, -0.2) is 18.8 Å². The summed E-state index contributed by atoms with van der Waals surface area (Å²) in [6, 6.07) is 11.3. The quantitative estimate of drug-likeness (QED) is 0.619. The lowest BCUT2D eigenvalue weighted by atomic mass is 9.98. The van der Waals surface area contributed by atoms with E-state index in [-0.39, 0.29) is 0 Å². The predicted molar refractivity (Wildman–Crippen MR) is 81.2 cm³/mol. The Kier molecular flexibility index (Phi) is 4.71. The summed E-state index contributed by atoms with van der Waals surface area (Å²) >= 11 is 0. The van der Waals surface area contributed by atoms with E-state index in [0.717, 1.165) is 19.4 Å².